The molecule has 0 aliphatic heterocycles. The van der Waals surface area contributed by atoms with Crippen LogP contribution in [0.1, 0.15) is 43.5 Å². The molecule has 0 radical (unpaired) electrons. The van der Waals surface area contributed by atoms with Crippen LogP contribution >= 0.6 is 23.2 Å². The zero-order valence-electron chi connectivity index (χ0n) is 15.4. The lowest BCUT2D eigenvalue weighted by Gasteiger charge is -2.34. The van der Waals surface area contributed by atoms with Gasteiger partial charge in [-0.2, -0.15) is 0 Å². The van der Waals surface area contributed by atoms with Gasteiger partial charge in [-0.1, -0.05) is 49.9 Å². The molecule has 27 heavy (non-hydrogen) atoms. The first-order chi connectivity index (χ1) is 12.8. The van der Waals surface area contributed by atoms with Crippen LogP contribution in [0.2, 0.25) is 10.0 Å². The molecule has 0 saturated heterocycles. The van der Waals surface area contributed by atoms with Gasteiger partial charge in [-0.05, 0) is 36.5 Å². The monoisotopic (exact) mass is 414 g/mol. The summed E-state index contributed by atoms with van der Waals surface area (Å²) in [5.41, 5.74) is 0.201. The van der Waals surface area contributed by atoms with E-state index in [1.807, 2.05) is 0 Å². The van der Waals surface area contributed by atoms with E-state index in [2.05, 4.69) is 24.5 Å². The number of amides is 2. The van der Waals surface area contributed by atoms with Gasteiger partial charge in [-0.15, -0.1) is 0 Å². The summed E-state index contributed by atoms with van der Waals surface area (Å²) in [7, 11) is 0. The fourth-order valence-electron chi connectivity index (χ4n) is 3.15. The number of carbonyl (C=O) groups is 3. The summed E-state index contributed by atoms with van der Waals surface area (Å²) in [4.78, 5) is 35.8. The summed E-state index contributed by atoms with van der Waals surface area (Å²) in [6, 6.07) is 4.53. The highest BCUT2D eigenvalue weighted by Crippen LogP contribution is 2.29. The van der Waals surface area contributed by atoms with Crippen molar-refractivity contribution in [3.63, 3.8) is 0 Å². The SMILES string of the molecule is C[C@H]1[C@@H](NC(=O)COC(=O)CNC(=O)c2ccc(Cl)cc2Cl)CCC[C@@H]1C. The Hall–Kier alpha value is -1.79. The second-order valence-corrected chi connectivity index (χ2v) is 7.75. The third kappa shape index (κ3) is 6.40. The molecule has 148 valence electrons. The number of hydrogen-bond donors (Lipinski definition) is 2. The third-order valence-corrected chi connectivity index (χ3v) is 5.53. The van der Waals surface area contributed by atoms with Crippen molar-refractivity contribution in [1.82, 2.24) is 10.6 Å². The van der Waals surface area contributed by atoms with Crippen LogP contribution in [-0.2, 0) is 14.3 Å². The maximum Gasteiger partial charge on any atom is 0.325 e. The first-order valence-electron chi connectivity index (χ1n) is 8.96. The number of nitrogens with one attached hydrogen (secondary N) is 2. The van der Waals surface area contributed by atoms with Crippen LogP contribution in [0, 0.1) is 11.8 Å². The topological polar surface area (TPSA) is 84.5 Å². The Balaban J connectivity index is 1.72. The maximum atomic E-state index is 12.0. The predicted molar refractivity (Wildman–Crippen MR) is 104 cm³/mol. The minimum Gasteiger partial charge on any atom is -0.454 e. The molecule has 1 aromatic carbocycles. The minimum atomic E-state index is -0.700. The molecular formula is C19H24Cl2N2O4. The van der Waals surface area contributed by atoms with E-state index in [0.29, 0.717) is 16.9 Å². The molecule has 2 N–H and O–H groups in total. The van der Waals surface area contributed by atoms with Crippen molar-refractivity contribution in [2.75, 3.05) is 13.2 Å². The van der Waals surface area contributed by atoms with Crippen LogP contribution in [0.3, 0.4) is 0 Å². The minimum absolute atomic E-state index is 0.103. The highest BCUT2D eigenvalue weighted by atomic mass is 35.5. The fraction of sp³-hybridized carbons (Fsp3) is 0.526. The Morgan fingerprint density at radius 3 is 2.63 bits per heavy atom. The van der Waals surface area contributed by atoms with E-state index in [1.54, 1.807) is 0 Å². The van der Waals surface area contributed by atoms with Crippen molar-refractivity contribution >= 4 is 41.0 Å². The van der Waals surface area contributed by atoms with Crippen molar-refractivity contribution in [3.8, 4) is 0 Å². The van der Waals surface area contributed by atoms with Gasteiger partial charge in [-0.3, -0.25) is 14.4 Å². The molecule has 1 fully saturated rings. The van der Waals surface area contributed by atoms with Gasteiger partial charge in [0.15, 0.2) is 6.61 Å². The summed E-state index contributed by atoms with van der Waals surface area (Å²) < 4.78 is 4.92. The first-order valence-corrected chi connectivity index (χ1v) is 9.71. The molecule has 8 heteroatoms. The van der Waals surface area contributed by atoms with E-state index in [1.165, 1.54) is 24.6 Å². The summed E-state index contributed by atoms with van der Waals surface area (Å²) in [6.07, 6.45) is 3.18. The molecule has 1 aliphatic carbocycles. The summed E-state index contributed by atoms with van der Waals surface area (Å²) >= 11 is 11.7. The van der Waals surface area contributed by atoms with Gasteiger partial charge in [0, 0.05) is 11.1 Å². The van der Waals surface area contributed by atoms with Crippen molar-refractivity contribution in [2.24, 2.45) is 11.8 Å². The van der Waals surface area contributed by atoms with E-state index in [4.69, 9.17) is 27.9 Å². The number of ether oxygens (including phenoxy) is 1. The second kappa shape index (κ2) is 9.95. The van der Waals surface area contributed by atoms with Crippen LogP contribution in [0.25, 0.3) is 0 Å². The first kappa shape index (κ1) is 21.5. The molecule has 0 heterocycles. The zero-order chi connectivity index (χ0) is 20.0. The molecule has 2 amide bonds. The van der Waals surface area contributed by atoms with E-state index in [-0.39, 0.29) is 35.7 Å². The molecule has 0 unspecified atom stereocenters. The molecule has 0 spiro atoms. The van der Waals surface area contributed by atoms with E-state index in [9.17, 15) is 14.4 Å². The fourth-order valence-corrected chi connectivity index (χ4v) is 3.65. The van der Waals surface area contributed by atoms with Crippen molar-refractivity contribution < 1.29 is 19.1 Å². The highest BCUT2D eigenvalue weighted by molar-refractivity contribution is 6.36. The third-order valence-electron chi connectivity index (χ3n) is 4.99. The van der Waals surface area contributed by atoms with E-state index in [0.717, 1.165) is 12.8 Å². The summed E-state index contributed by atoms with van der Waals surface area (Å²) in [5, 5.41) is 5.92. The molecule has 3 atom stereocenters. The van der Waals surface area contributed by atoms with Crippen LogP contribution in [0.5, 0.6) is 0 Å². The number of halogens is 2. The largest absolute Gasteiger partial charge is 0.454 e. The molecule has 0 bridgehead atoms. The Kier molecular flexibility index (Phi) is 7.92. The van der Waals surface area contributed by atoms with E-state index < -0.39 is 11.9 Å². The summed E-state index contributed by atoms with van der Waals surface area (Å²) in [5.74, 6) is -0.610. The molecular weight excluding hydrogens is 391 g/mol. The van der Waals surface area contributed by atoms with Crippen LogP contribution in [-0.4, -0.2) is 37.0 Å². The Morgan fingerprint density at radius 2 is 1.93 bits per heavy atom. The van der Waals surface area contributed by atoms with Gasteiger partial charge >= 0.3 is 5.97 Å². The normalized spacial score (nSPS) is 22.0. The lowest BCUT2D eigenvalue weighted by molar-refractivity contribution is -0.147. The van der Waals surface area contributed by atoms with E-state index >= 15 is 0 Å². The number of carbonyl (C=O) groups excluding carboxylic acids is 3. The van der Waals surface area contributed by atoms with Gasteiger partial charge in [0.05, 0.1) is 10.6 Å². The van der Waals surface area contributed by atoms with Crippen LogP contribution in [0.4, 0.5) is 0 Å². The van der Waals surface area contributed by atoms with Gasteiger partial charge in [0.1, 0.15) is 6.54 Å². The number of hydrogen-bond acceptors (Lipinski definition) is 4. The molecule has 6 nitrogen and oxygen atoms in total. The standard InChI is InChI=1S/C19H24Cl2N2O4/c1-11-4-3-5-16(12(11)2)23-17(24)10-27-18(25)9-22-19(26)14-7-6-13(20)8-15(14)21/h6-8,11-12,16H,3-5,9-10H2,1-2H3,(H,22,26)(H,23,24)/t11-,12+,16-/m0/s1. The second-order valence-electron chi connectivity index (χ2n) is 6.91. The van der Waals surface area contributed by atoms with Gasteiger partial charge < -0.3 is 15.4 Å². The van der Waals surface area contributed by atoms with Crippen molar-refractivity contribution in [1.29, 1.82) is 0 Å². The predicted octanol–water partition coefficient (Wildman–Crippen LogP) is 3.21. The maximum absolute atomic E-state index is 12.0. The average Bonchev–Trinajstić information content (AvgIpc) is 2.62. The molecule has 0 aromatic heterocycles. The molecule has 2 rings (SSSR count). The number of esters is 1. The number of benzene rings is 1. The van der Waals surface area contributed by atoms with Crippen molar-refractivity contribution in [3.05, 3.63) is 33.8 Å². The highest BCUT2D eigenvalue weighted by Gasteiger charge is 2.28. The lowest BCUT2D eigenvalue weighted by Crippen LogP contribution is -2.45. The molecule has 1 aromatic rings. The van der Waals surface area contributed by atoms with Crippen molar-refractivity contribution in [2.45, 2.75) is 39.2 Å². The lowest BCUT2D eigenvalue weighted by atomic mass is 9.78. The Bertz CT molecular complexity index is 711. The molecule has 1 saturated carbocycles. The smallest absolute Gasteiger partial charge is 0.325 e. The Labute approximate surface area is 168 Å². The van der Waals surface area contributed by atoms with Gasteiger partial charge in [-0.25, -0.2) is 0 Å². The quantitative estimate of drug-likeness (QED) is 0.699. The van der Waals surface area contributed by atoms with Crippen LogP contribution in [0.15, 0.2) is 18.2 Å². The average molecular weight is 415 g/mol. The van der Waals surface area contributed by atoms with Crippen LogP contribution < -0.4 is 10.6 Å². The van der Waals surface area contributed by atoms with Gasteiger partial charge in [0.25, 0.3) is 11.8 Å². The van der Waals surface area contributed by atoms with Gasteiger partial charge in [0.2, 0.25) is 0 Å². The summed E-state index contributed by atoms with van der Waals surface area (Å²) in [6.45, 7) is 3.58. The zero-order valence-corrected chi connectivity index (χ0v) is 16.9. The number of rotatable bonds is 6. The molecule has 1 aliphatic rings. The Morgan fingerprint density at radius 1 is 1.19 bits per heavy atom.